The molecule has 1 aliphatic rings. The summed E-state index contributed by atoms with van der Waals surface area (Å²) in [5.41, 5.74) is 7.85. The van der Waals surface area contributed by atoms with Crippen LogP contribution in [0.5, 0.6) is 0 Å². The first kappa shape index (κ1) is 49.5. The molecule has 1 heterocycles. The number of benzene rings is 3. The third kappa shape index (κ3) is 18.9. The summed E-state index contributed by atoms with van der Waals surface area (Å²) >= 11 is 0. The number of amides is 3. The van der Waals surface area contributed by atoms with Gasteiger partial charge < -0.3 is 25.5 Å². The minimum Gasteiger partial charge on any atom is -0.475 e. The van der Waals surface area contributed by atoms with E-state index in [1.165, 1.54) is 4.90 Å². The standard InChI is InChI=1S/C29H30N4O4.3C2HF3O2/c34-26-17-16-25(33(26)20-23-14-8-3-9-15-23)28(36)31-24(18-21-10-4-1-5-11-21)27(35)29(37)32-30-19-22-12-6-2-7-13-22;3*3-2(4,5)1(6)7/h1-15,24-25,30H,16-20H2,(H,31,36)(H,32,37);3*(H,6,7)/t24?,25-;;;/m1.../s1. The Labute approximate surface area is 321 Å². The van der Waals surface area contributed by atoms with E-state index in [0.29, 0.717) is 19.5 Å². The molecule has 0 aliphatic carbocycles. The molecule has 1 saturated heterocycles. The fourth-order valence-electron chi connectivity index (χ4n) is 4.35. The van der Waals surface area contributed by atoms with E-state index in [-0.39, 0.29) is 18.7 Å². The lowest BCUT2D eigenvalue weighted by molar-refractivity contribution is -0.193. The number of nitrogens with zero attached hydrogens (tertiary/aromatic N) is 1. The first-order valence-electron chi connectivity index (χ1n) is 16.0. The molecule has 3 amide bonds. The summed E-state index contributed by atoms with van der Waals surface area (Å²) in [4.78, 5) is 79.9. The van der Waals surface area contributed by atoms with Gasteiger partial charge in [-0.15, -0.1) is 0 Å². The van der Waals surface area contributed by atoms with Gasteiger partial charge in [-0.1, -0.05) is 91.0 Å². The van der Waals surface area contributed by atoms with Crippen LogP contribution >= 0.6 is 0 Å². The number of halogens is 9. The van der Waals surface area contributed by atoms with Crippen LogP contribution in [0.15, 0.2) is 91.0 Å². The molecule has 0 saturated carbocycles. The summed E-state index contributed by atoms with van der Waals surface area (Å²) in [5, 5.41) is 24.1. The number of rotatable bonds is 11. The minimum absolute atomic E-state index is 0.113. The zero-order valence-electron chi connectivity index (χ0n) is 29.4. The number of nitrogens with one attached hydrogen (secondary N) is 3. The number of hydrazine groups is 1. The maximum absolute atomic E-state index is 13.3. The van der Waals surface area contributed by atoms with E-state index in [1.807, 2.05) is 91.0 Å². The summed E-state index contributed by atoms with van der Waals surface area (Å²) < 4.78 is 95.2. The van der Waals surface area contributed by atoms with Crippen molar-refractivity contribution in [1.29, 1.82) is 0 Å². The van der Waals surface area contributed by atoms with Crippen molar-refractivity contribution in [3.05, 3.63) is 108 Å². The largest absolute Gasteiger partial charge is 0.490 e. The number of Topliss-reactive ketones (excluding diaryl/α,β-unsaturated/α-hetero) is 1. The van der Waals surface area contributed by atoms with Crippen molar-refractivity contribution in [1.82, 2.24) is 21.1 Å². The van der Waals surface area contributed by atoms with Gasteiger partial charge in [-0.05, 0) is 23.1 Å². The predicted molar refractivity (Wildman–Crippen MR) is 180 cm³/mol. The fourth-order valence-corrected chi connectivity index (χ4v) is 4.35. The lowest BCUT2D eigenvalue weighted by Crippen LogP contribution is -2.54. The Morgan fingerprint density at radius 1 is 0.638 bits per heavy atom. The number of carbonyl (C=O) groups excluding carboxylic acids is 4. The second-order valence-electron chi connectivity index (χ2n) is 11.4. The molecule has 0 spiro atoms. The lowest BCUT2D eigenvalue weighted by atomic mass is 10.0. The third-order valence-corrected chi connectivity index (χ3v) is 7.03. The number of ketones is 1. The van der Waals surface area contributed by atoms with E-state index >= 15 is 0 Å². The first-order valence-corrected chi connectivity index (χ1v) is 16.0. The zero-order valence-corrected chi connectivity index (χ0v) is 29.4. The molecule has 0 aromatic heterocycles. The van der Waals surface area contributed by atoms with E-state index < -0.39 is 66.1 Å². The van der Waals surface area contributed by atoms with Crippen LogP contribution in [-0.4, -0.2) is 92.2 Å². The van der Waals surface area contributed by atoms with Crippen LogP contribution in [-0.2, 0) is 53.1 Å². The Morgan fingerprint density at radius 3 is 1.41 bits per heavy atom. The summed E-state index contributed by atoms with van der Waals surface area (Å²) in [6.45, 7) is 0.646. The lowest BCUT2D eigenvalue weighted by Gasteiger charge is -2.26. The number of aliphatic carboxylic acids is 3. The number of hydrogen-bond donors (Lipinski definition) is 6. The highest BCUT2D eigenvalue weighted by atomic mass is 19.4. The number of alkyl halides is 9. The molecule has 23 heteroatoms. The Morgan fingerprint density at radius 2 is 1.02 bits per heavy atom. The molecular weight excluding hydrogens is 807 g/mol. The summed E-state index contributed by atoms with van der Waals surface area (Å²) in [5.74, 6) is -10.4. The second kappa shape index (κ2) is 22.9. The molecule has 0 bridgehead atoms. The third-order valence-electron chi connectivity index (χ3n) is 7.03. The van der Waals surface area contributed by atoms with Gasteiger partial charge in [0.05, 0.1) is 0 Å². The Bertz CT molecular complexity index is 1770. The number of carbonyl (C=O) groups is 7. The van der Waals surface area contributed by atoms with Gasteiger partial charge in [0.25, 0.3) is 0 Å². The van der Waals surface area contributed by atoms with Crippen molar-refractivity contribution in [2.45, 2.75) is 63.0 Å². The quantitative estimate of drug-likeness (QED) is 0.0914. The SMILES string of the molecule is O=C(NNCc1ccccc1)C(=O)C(Cc1ccccc1)NC(=O)[C@H]1CCC(=O)N1Cc1ccccc1.O=C(O)C(F)(F)F.O=C(O)C(F)(F)F.O=C(O)C(F)(F)F. The molecule has 3 aromatic rings. The maximum atomic E-state index is 13.3. The smallest absolute Gasteiger partial charge is 0.475 e. The average Bonchev–Trinajstić information content (AvgIpc) is 3.51. The number of carboxylic acids is 3. The fraction of sp³-hybridized carbons (Fsp3) is 0.286. The van der Waals surface area contributed by atoms with Gasteiger partial charge in [0.2, 0.25) is 17.6 Å². The zero-order chi connectivity index (χ0) is 44.3. The molecule has 6 N–H and O–H groups in total. The van der Waals surface area contributed by atoms with Crippen LogP contribution in [0.1, 0.15) is 29.5 Å². The Hall–Kier alpha value is -6.52. The molecule has 0 radical (unpaired) electrons. The van der Waals surface area contributed by atoms with Crippen LogP contribution in [0.4, 0.5) is 39.5 Å². The van der Waals surface area contributed by atoms with Gasteiger partial charge in [-0.25, -0.2) is 19.8 Å². The van der Waals surface area contributed by atoms with E-state index in [4.69, 9.17) is 29.7 Å². The van der Waals surface area contributed by atoms with Gasteiger partial charge in [-0.3, -0.25) is 24.6 Å². The van der Waals surface area contributed by atoms with Crippen molar-refractivity contribution in [2.75, 3.05) is 0 Å². The second-order valence-corrected chi connectivity index (χ2v) is 11.4. The average molecular weight is 841 g/mol. The number of likely N-dealkylation sites (tertiary alicyclic amines) is 1. The normalized spacial score (nSPS) is 14.1. The highest BCUT2D eigenvalue weighted by Crippen LogP contribution is 2.22. The van der Waals surface area contributed by atoms with Crippen LogP contribution < -0.4 is 16.2 Å². The number of hydrogen-bond acceptors (Lipinski definition) is 8. The molecular formula is C35H33F9N4O10. The van der Waals surface area contributed by atoms with E-state index in [2.05, 4.69) is 16.2 Å². The molecule has 2 atom stereocenters. The molecule has 14 nitrogen and oxygen atoms in total. The summed E-state index contributed by atoms with van der Waals surface area (Å²) in [6, 6.07) is 26.3. The van der Waals surface area contributed by atoms with Crippen LogP contribution in [0.2, 0.25) is 0 Å². The molecule has 316 valence electrons. The minimum atomic E-state index is -5.08. The van der Waals surface area contributed by atoms with Crippen molar-refractivity contribution < 1.29 is 88.4 Å². The molecule has 1 unspecified atom stereocenters. The van der Waals surface area contributed by atoms with Gasteiger partial charge in [0.15, 0.2) is 0 Å². The predicted octanol–water partition coefficient (Wildman–Crippen LogP) is 4.20. The highest BCUT2D eigenvalue weighted by molar-refractivity contribution is 6.38. The van der Waals surface area contributed by atoms with Crippen molar-refractivity contribution >= 4 is 41.4 Å². The topological polar surface area (TPSA) is 220 Å². The number of carboxylic acid groups (broad SMARTS) is 3. The van der Waals surface area contributed by atoms with E-state index in [0.717, 1.165) is 16.7 Å². The maximum Gasteiger partial charge on any atom is 0.490 e. The molecule has 1 aliphatic heterocycles. The highest BCUT2D eigenvalue weighted by Gasteiger charge is 2.40. The monoisotopic (exact) mass is 840 g/mol. The van der Waals surface area contributed by atoms with Gasteiger partial charge in [0, 0.05) is 25.9 Å². The van der Waals surface area contributed by atoms with E-state index in [1.54, 1.807) is 0 Å². The van der Waals surface area contributed by atoms with Crippen molar-refractivity contribution in [3.63, 3.8) is 0 Å². The first-order chi connectivity index (χ1) is 26.8. The Kier molecular flexibility index (Phi) is 19.5. The summed E-state index contributed by atoms with van der Waals surface area (Å²) in [7, 11) is 0. The van der Waals surface area contributed by atoms with Gasteiger partial charge in [-0.2, -0.15) is 39.5 Å². The van der Waals surface area contributed by atoms with Crippen LogP contribution in [0.25, 0.3) is 0 Å². The molecule has 58 heavy (non-hydrogen) atoms. The molecule has 3 aromatic carbocycles. The summed E-state index contributed by atoms with van der Waals surface area (Å²) in [6.07, 6.45) is -14.5. The van der Waals surface area contributed by atoms with Gasteiger partial charge in [0.1, 0.15) is 12.1 Å². The van der Waals surface area contributed by atoms with Crippen molar-refractivity contribution in [3.8, 4) is 0 Å². The van der Waals surface area contributed by atoms with Gasteiger partial charge >= 0.3 is 42.3 Å². The van der Waals surface area contributed by atoms with Crippen molar-refractivity contribution in [2.24, 2.45) is 0 Å². The van der Waals surface area contributed by atoms with Crippen LogP contribution in [0.3, 0.4) is 0 Å². The molecule has 4 rings (SSSR count). The molecule has 1 fully saturated rings. The van der Waals surface area contributed by atoms with E-state index in [9.17, 15) is 58.7 Å². The van der Waals surface area contributed by atoms with Crippen LogP contribution in [0, 0.1) is 0 Å². The Balaban J connectivity index is 0.000000655.